The first-order valence-corrected chi connectivity index (χ1v) is 7.44. The monoisotopic (exact) mass is 267 g/mol. The van der Waals surface area contributed by atoms with Crippen LogP contribution in [0.15, 0.2) is 36.2 Å². The fourth-order valence-electron chi connectivity index (χ4n) is 3.72. The predicted octanol–water partition coefficient (Wildman–Crippen LogP) is 4.93. The summed E-state index contributed by atoms with van der Waals surface area (Å²) in [7, 11) is 0. The maximum absolute atomic E-state index is 14.3. The van der Waals surface area contributed by atoms with Gasteiger partial charge in [-0.3, -0.25) is 0 Å². The minimum atomic E-state index is -0.0527. The largest absolute Gasteiger partial charge is 0.344 e. The lowest BCUT2D eigenvalue weighted by Gasteiger charge is -2.16. The summed E-state index contributed by atoms with van der Waals surface area (Å²) in [5, 5.41) is 1.22. The molecule has 1 aromatic carbocycles. The fourth-order valence-corrected chi connectivity index (χ4v) is 3.72. The fraction of sp³-hybridized carbons (Fsp3) is 0.333. The topological polar surface area (TPSA) is 4.93 Å². The molecule has 0 amide bonds. The molecule has 0 saturated heterocycles. The highest BCUT2D eigenvalue weighted by atomic mass is 19.1. The Labute approximate surface area is 118 Å². The second kappa shape index (κ2) is 4.34. The molecule has 0 N–H and O–H groups in total. The van der Waals surface area contributed by atoms with Gasteiger partial charge < -0.3 is 4.57 Å². The standard InChI is InChI=1S/C18H18FN/c1-12-17(14-8-2-3-10-16(14)19)15-9-4-6-13-7-5-11-20(12)18(13)15/h4,6,8-10H,2-3,5,7,11H2,1H3. The van der Waals surface area contributed by atoms with Crippen molar-refractivity contribution in [1.82, 2.24) is 4.57 Å². The Morgan fingerprint density at radius 2 is 2.00 bits per heavy atom. The molecule has 2 aromatic rings. The lowest BCUT2D eigenvalue weighted by molar-refractivity contribution is 0.622. The molecular weight excluding hydrogens is 249 g/mol. The molecule has 1 aliphatic heterocycles. The van der Waals surface area contributed by atoms with Crippen LogP contribution in [0.2, 0.25) is 0 Å². The van der Waals surface area contributed by atoms with Gasteiger partial charge in [0.2, 0.25) is 0 Å². The predicted molar refractivity (Wildman–Crippen MR) is 81.4 cm³/mol. The van der Waals surface area contributed by atoms with E-state index in [2.05, 4.69) is 35.8 Å². The van der Waals surface area contributed by atoms with Crippen LogP contribution in [0.25, 0.3) is 16.5 Å². The summed E-state index contributed by atoms with van der Waals surface area (Å²) in [6, 6.07) is 6.47. The van der Waals surface area contributed by atoms with Crippen LogP contribution in [0.5, 0.6) is 0 Å². The third-order valence-corrected chi connectivity index (χ3v) is 4.62. The summed E-state index contributed by atoms with van der Waals surface area (Å²) in [4.78, 5) is 0. The smallest absolute Gasteiger partial charge is 0.126 e. The number of para-hydroxylation sites is 1. The van der Waals surface area contributed by atoms with E-state index in [0.717, 1.165) is 36.9 Å². The summed E-state index contributed by atoms with van der Waals surface area (Å²) < 4.78 is 16.6. The molecule has 20 heavy (non-hydrogen) atoms. The van der Waals surface area contributed by atoms with Crippen molar-refractivity contribution >= 4 is 16.5 Å². The highest BCUT2D eigenvalue weighted by Crippen LogP contribution is 2.40. The van der Waals surface area contributed by atoms with Crippen molar-refractivity contribution in [3.05, 3.63) is 53.0 Å². The minimum absolute atomic E-state index is 0.0527. The van der Waals surface area contributed by atoms with Crippen molar-refractivity contribution < 1.29 is 4.39 Å². The molecule has 0 unspecified atom stereocenters. The lowest BCUT2D eigenvalue weighted by Crippen LogP contribution is -2.08. The van der Waals surface area contributed by atoms with E-state index in [4.69, 9.17) is 0 Å². The van der Waals surface area contributed by atoms with Crippen molar-refractivity contribution in [3.8, 4) is 0 Å². The van der Waals surface area contributed by atoms with Crippen molar-refractivity contribution in [2.45, 2.75) is 39.2 Å². The number of aromatic nitrogens is 1. The van der Waals surface area contributed by atoms with E-state index in [1.807, 2.05) is 0 Å². The van der Waals surface area contributed by atoms with Gasteiger partial charge in [0.15, 0.2) is 0 Å². The molecule has 0 atom stereocenters. The summed E-state index contributed by atoms with van der Waals surface area (Å²) >= 11 is 0. The summed E-state index contributed by atoms with van der Waals surface area (Å²) in [5.74, 6) is -0.0527. The zero-order valence-electron chi connectivity index (χ0n) is 11.7. The third-order valence-electron chi connectivity index (χ3n) is 4.62. The van der Waals surface area contributed by atoms with Crippen molar-refractivity contribution in [2.24, 2.45) is 0 Å². The van der Waals surface area contributed by atoms with Crippen molar-refractivity contribution in [2.75, 3.05) is 0 Å². The van der Waals surface area contributed by atoms with Crippen molar-refractivity contribution in [1.29, 1.82) is 0 Å². The van der Waals surface area contributed by atoms with Gasteiger partial charge in [0, 0.05) is 28.8 Å². The number of hydrogen-bond donors (Lipinski definition) is 0. The maximum Gasteiger partial charge on any atom is 0.126 e. The van der Waals surface area contributed by atoms with Crippen LogP contribution >= 0.6 is 0 Å². The average molecular weight is 267 g/mol. The van der Waals surface area contributed by atoms with Gasteiger partial charge in [-0.15, -0.1) is 0 Å². The SMILES string of the molecule is Cc1c(C2=CCCC=C2F)c2cccc3c2n1CCC3. The molecule has 0 spiro atoms. The summed E-state index contributed by atoms with van der Waals surface area (Å²) in [5.41, 5.74) is 5.85. The van der Waals surface area contributed by atoms with Gasteiger partial charge in [0.1, 0.15) is 5.83 Å². The third kappa shape index (κ3) is 1.54. The van der Waals surface area contributed by atoms with Crippen molar-refractivity contribution in [3.63, 3.8) is 0 Å². The number of rotatable bonds is 1. The number of halogens is 1. The Kier molecular flexibility index (Phi) is 2.59. The van der Waals surface area contributed by atoms with Crippen LogP contribution in [-0.2, 0) is 13.0 Å². The van der Waals surface area contributed by atoms with Gasteiger partial charge >= 0.3 is 0 Å². The van der Waals surface area contributed by atoms with E-state index >= 15 is 0 Å². The quantitative estimate of drug-likeness (QED) is 0.690. The van der Waals surface area contributed by atoms with Crippen LogP contribution in [0.1, 0.15) is 36.1 Å². The van der Waals surface area contributed by atoms with Crippen LogP contribution in [-0.4, -0.2) is 4.57 Å². The molecule has 2 heteroatoms. The zero-order valence-corrected chi connectivity index (χ0v) is 11.7. The summed E-state index contributed by atoms with van der Waals surface area (Å²) in [6.45, 7) is 3.19. The lowest BCUT2D eigenvalue weighted by atomic mass is 9.95. The van der Waals surface area contributed by atoms with E-state index in [1.54, 1.807) is 6.08 Å². The molecular formula is C18H18FN. The van der Waals surface area contributed by atoms with Gasteiger partial charge in [0.25, 0.3) is 0 Å². The molecule has 102 valence electrons. The van der Waals surface area contributed by atoms with E-state index in [9.17, 15) is 4.39 Å². The number of hydrogen-bond acceptors (Lipinski definition) is 0. The second-order valence-corrected chi connectivity index (χ2v) is 5.78. The molecule has 2 aliphatic rings. The van der Waals surface area contributed by atoms with Gasteiger partial charge in [-0.1, -0.05) is 24.3 Å². The minimum Gasteiger partial charge on any atom is -0.344 e. The molecule has 1 nitrogen and oxygen atoms in total. The molecule has 0 bridgehead atoms. The molecule has 1 aliphatic carbocycles. The second-order valence-electron chi connectivity index (χ2n) is 5.78. The summed E-state index contributed by atoms with van der Waals surface area (Å²) in [6.07, 6.45) is 7.86. The Morgan fingerprint density at radius 1 is 1.15 bits per heavy atom. The maximum atomic E-state index is 14.3. The first kappa shape index (κ1) is 12.0. The highest BCUT2D eigenvalue weighted by Gasteiger charge is 2.23. The molecule has 2 heterocycles. The first-order valence-electron chi connectivity index (χ1n) is 7.44. The highest BCUT2D eigenvalue weighted by molar-refractivity contribution is 5.99. The van der Waals surface area contributed by atoms with E-state index in [1.165, 1.54) is 28.6 Å². The van der Waals surface area contributed by atoms with Gasteiger partial charge in [-0.05, 0) is 44.2 Å². The Balaban J connectivity index is 2.06. The Hall–Kier alpha value is -1.83. The van der Waals surface area contributed by atoms with Crippen LogP contribution in [0.4, 0.5) is 4.39 Å². The van der Waals surface area contributed by atoms with E-state index < -0.39 is 0 Å². The average Bonchev–Trinajstić information content (AvgIpc) is 2.76. The number of benzene rings is 1. The van der Waals surface area contributed by atoms with Gasteiger partial charge in [-0.2, -0.15) is 0 Å². The van der Waals surface area contributed by atoms with Crippen LogP contribution in [0, 0.1) is 6.92 Å². The zero-order chi connectivity index (χ0) is 13.7. The molecule has 0 saturated carbocycles. The number of nitrogens with zero attached hydrogens (tertiary/aromatic N) is 1. The van der Waals surface area contributed by atoms with E-state index in [0.29, 0.717) is 0 Å². The van der Waals surface area contributed by atoms with Crippen LogP contribution < -0.4 is 0 Å². The normalized spacial score (nSPS) is 18.1. The molecule has 0 fully saturated rings. The van der Waals surface area contributed by atoms with Gasteiger partial charge in [-0.25, -0.2) is 4.39 Å². The molecule has 0 radical (unpaired) electrons. The number of allylic oxidation sites excluding steroid dienone is 4. The first-order chi connectivity index (χ1) is 9.77. The molecule has 1 aromatic heterocycles. The van der Waals surface area contributed by atoms with E-state index in [-0.39, 0.29) is 5.83 Å². The Bertz CT molecular complexity index is 761. The number of aryl methyl sites for hydroxylation is 2. The van der Waals surface area contributed by atoms with Gasteiger partial charge in [0.05, 0.1) is 5.52 Å². The van der Waals surface area contributed by atoms with Crippen LogP contribution in [0.3, 0.4) is 0 Å². The Morgan fingerprint density at radius 3 is 2.85 bits per heavy atom. The molecule has 4 rings (SSSR count).